The molecular weight excluding hydrogens is 638 g/mol. The van der Waals surface area contributed by atoms with E-state index in [1.807, 2.05) is 13.8 Å². The van der Waals surface area contributed by atoms with Crippen LogP contribution in [0.4, 0.5) is 32.0 Å². The number of fused-ring (bicyclic) bond motifs is 1. The lowest BCUT2D eigenvalue weighted by atomic mass is 9.74. The number of halogens is 6. The zero-order valence-electron chi connectivity index (χ0n) is 25.5. The fraction of sp³-hybridized carbons (Fsp3) is 0.500. The molecule has 2 aliphatic rings. The van der Waals surface area contributed by atoms with Crippen molar-refractivity contribution in [3.63, 3.8) is 0 Å². The highest BCUT2D eigenvalue weighted by Gasteiger charge is 2.71. The fourth-order valence-electron chi connectivity index (χ4n) is 6.10. The monoisotopic (exact) mass is 674 g/mol. The lowest BCUT2D eigenvalue weighted by Crippen LogP contribution is -2.54. The zero-order chi connectivity index (χ0) is 34.2. The Morgan fingerprint density at radius 2 is 1.67 bits per heavy atom. The number of rotatable bonds is 8. The summed E-state index contributed by atoms with van der Waals surface area (Å²) in [6.07, 6.45) is -11.2. The molecule has 4 rings (SSSR count). The molecule has 1 amide bonds. The maximum absolute atomic E-state index is 14.0. The third-order valence-electron chi connectivity index (χ3n) is 8.66. The zero-order valence-corrected chi connectivity index (χ0v) is 26.3. The number of aliphatic hydroxyl groups is 1. The van der Waals surface area contributed by atoms with E-state index in [4.69, 9.17) is 4.74 Å². The number of ether oxygens (including phenoxy) is 1. The molecule has 1 aliphatic carbocycles. The van der Waals surface area contributed by atoms with Crippen molar-refractivity contribution in [2.45, 2.75) is 87.8 Å². The average molecular weight is 675 g/mol. The molecule has 2 aromatic carbocycles. The van der Waals surface area contributed by atoms with E-state index in [-0.39, 0.29) is 43.0 Å². The molecule has 7 nitrogen and oxygen atoms in total. The van der Waals surface area contributed by atoms with Crippen molar-refractivity contribution >= 4 is 28.5 Å². The van der Waals surface area contributed by atoms with Gasteiger partial charge in [0.15, 0.2) is 11.0 Å². The highest BCUT2D eigenvalue weighted by atomic mass is 32.2. The van der Waals surface area contributed by atoms with Crippen LogP contribution in [-0.2, 0) is 37.3 Å². The molecule has 0 bridgehead atoms. The number of alkyl halides is 6. The highest BCUT2D eigenvalue weighted by Crippen LogP contribution is 2.51. The standard InChI is InChI=1S/C32H36F6N2O5S/c1-5-45-29(42)27-19(3)8-9-20(4)28(27)39-26(41)17-23-12-10-21-16-22(30(43,31(33,34)35)32(36,37)38)11-15-25(21)40(23)46(44)24-13-6-18(2)7-14-24/h6-7,11,13-16,19,23,27-28,43H,4-5,8-10,12,17H2,1-3H3,(H,39,41)/t19?,23-,27?,28?,46?/m0/s1. The summed E-state index contributed by atoms with van der Waals surface area (Å²) in [7, 11) is -2.03. The van der Waals surface area contributed by atoms with Gasteiger partial charge in [0.25, 0.3) is 5.60 Å². The van der Waals surface area contributed by atoms with Gasteiger partial charge < -0.3 is 15.2 Å². The van der Waals surface area contributed by atoms with Gasteiger partial charge in [-0.2, -0.15) is 26.3 Å². The van der Waals surface area contributed by atoms with E-state index in [0.29, 0.717) is 35.4 Å². The van der Waals surface area contributed by atoms with Crippen LogP contribution in [0.15, 0.2) is 59.5 Å². The van der Waals surface area contributed by atoms with Crippen molar-refractivity contribution in [3.05, 3.63) is 71.3 Å². The van der Waals surface area contributed by atoms with Crippen molar-refractivity contribution in [1.82, 2.24) is 5.32 Å². The van der Waals surface area contributed by atoms with Crippen LogP contribution in [0.1, 0.15) is 56.2 Å². The SMILES string of the molecule is C=C1CCC(C)C(C(=O)OCC)C1NC(=O)C[C@@H]1CCc2cc(C(O)(C(F)(F)F)C(F)(F)F)ccc2N1S(=O)c1ccc(C)cc1. The molecule has 46 heavy (non-hydrogen) atoms. The summed E-state index contributed by atoms with van der Waals surface area (Å²) < 4.78 is 102. The molecule has 1 fully saturated rings. The van der Waals surface area contributed by atoms with E-state index in [0.717, 1.165) is 11.6 Å². The maximum Gasteiger partial charge on any atom is 0.430 e. The van der Waals surface area contributed by atoms with E-state index >= 15 is 0 Å². The maximum atomic E-state index is 14.0. The normalized spacial score (nSPS) is 23.0. The Hall–Kier alpha value is -3.39. The lowest BCUT2D eigenvalue weighted by molar-refractivity contribution is -0.376. The minimum absolute atomic E-state index is 0.00148. The molecule has 4 unspecified atom stereocenters. The van der Waals surface area contributed by atoms with E-state index in [1.54, 1.807) is 31.2 Å². The van der Waals surface area contributed by atoms with E-state index in [9.17, 15) is 45.2 Å². The van der Waals surface area contributed by atoms with E-state index in [2.05, 4.69) is 11.9 Å². The largest absolute Gasteiger partial charge is 0.466 e. The fourth-order valence-corrected chi connectivity index (χ4v) is 7.51. The molecule has 1 aliphatic heterocycles. The van der Waals surface area contributed by atoms with Gasteiger partial charge in [-0.25, -0.2) is 4.21 Å². The van der Waals surface area contributed by atoms with Crippen LogP contribution in [0, 0.1) is 18.8 Å². The van der Waals surface area contributed by atoms with Crippen LogP contribution in [-0.4, -0.2) is 52.2 Å². The summed E-state index contributed by atoms with van der Waals surface area (Å²) in [4.78, 5) is 26.6. The molecule has 0 aromatic heterocycles. The second-order valence-electron chi connectivity index (χ2n) is 11.8. The third-order valence-corrected chi connectivity index (χ3v) is 10.2. The van der Waals surface area contributed by atoms with Gasteiger partial charge in [0.1, 0.15) is 0 Å². The molecule has 0 spiro atoms. The van der Waals surface area contributed by atoms with Gasteiger partial charge in [-0.3, -0.25) is 13.9 Å². The molecule has 5 atom stereocenters. The Bertz CT molecular complexity index is 1480. The van der Waals surface area contributed by atoms with Crippen LogP contribution >= 0.6 is 0 Å². The molecular formula is C32H36F6N2O5S. The number of hydrogen-bond donors (Lipinski definition) is 2. The van der Waals surface area contributed by atoms with Gasteiger partial charge in [-0.1, -0.05) is 48.9 Å². The number of anilines is 1. The summed E-state index contributed by atoms with van der Waals surface area (Å²) >= 11 is 0. The van der Waals surface area contributed by atoms with Gasteiger partial charge >= 0.3 is 18.3 Å². The molecule has 0 saturated heterocycles. The average Bonchev–Trinajstić information content (AvgIpc) is 2.97. The number of esters is 1. The number of hydrogen-bond acceptors (Lipinski definition) is 5. The number of nitrogens with one attached hydrogen (secondary N) is 1. The highest BCUT2D eigenvalue weighted by molar-refractivity contribution is 7.86. The summed E-state index contributed by atoms with van der Waals surface area (Å²) in [5.74, 6) is -1.75. The first-order chi connectivity index (χ1) is 21.4. The number of amides is 1. The van der Waals surface area contributed by atoms with Crippen LogP contribution in [0.25, 0.3) is 0 Å². The van der Waals surface area contributed by atoms with E-state index < -0.39 is 64.4 Å². The Kier molecular flexibility index (Phi) is 10.3. The Labute approximate surface area is 265 Å². The second kappa shape index (κ2) is 13.4. The predicted molar refractivity (Wildman–Crippen MR) is 159 cm³/mol. The summed E-state index contributed by atoms with van der Waals surface area (Å²) in [6.45, 7) is 9.56. The van der Waals surface area contributed by atoms with Crippen LogP contribution < -0.4 is 9.62 Å². The quantitative estimate of drug-likeness (QED) is 0.198. The molecule has 2 N–H and O–H groups in total. The minimum atomic E-state index is -6.07. The van der Waals surface area contributed by atoms with Gasteiger partial charge in [-0.15, -0.1) is 0 Å². The third kappa shape index (κ3) is 6.83. The van der Waals surface area contributed by atoms with Gasteiger partial charge in [0.2, 0.25) is 5.91 Å². The Morgan fingerprint density at radius 1 is 1.04 bits per heavy atom. The molecule has 0 radical (unpaired) electrons. The molecule has 1 heterocycles. The van der Waals surface area contributed by atoms with Crippen molar-refractivity contribution < 1.29 is 50.0 Å². The van der Waals surface area contributed by atoms with Gasteiger partial charge in [-0.05, 0) is 69.2 Å². The molecule has 2 aromatic rings. The van der Waals surface area contributed by atoms with Crippen molar-refractivity contribution in [2.24, 2.45) is 11.8 Å². The van der Waals surface area contributed by atoms with Crippen LogP contribution in [0.5, 0.6) is 0 Å². The van der Waals surface area contributed by atoms with E-state index in [1.165, 1.54) is 4.31 Å². The van der Waals surface area contributed by atoms with Crippen molar-refractivity contribution in [2.75, 3.05) is 10.9 Å². The first kappa shape index (κ1) is 35.5. The summed E-state index contributed by atoms with van der Waals surface area (Å²) in [5, 5.41) is 12.9. The van der Waals surface area contributed by atoms with Gasteiger partial charge in [0, 0.05) is 12.0 Å². The summed E-state index contributed by atoms with van der Waals surface area (Å²) in [6, 6.07) is 7.14. The molecule has 252 valence electrons. The smallest absolute Gasteiger partial charge is 0.430 e. The Morgan fingerprint density at radius 3 is 2.26 bits per heavy atom. The molecule has 1 saturated carbocycles. The first-order valence-corrected chi connectivity index (χ1v) is 15.9. The number of benzene rings is 2. The number of carbonyl (C=O) groups excluding carboxylic acids is 2. The van der Waals surface area contributed by atoms with Crippen molar-refractivity contribution in [3.8, 4) is 0 Å². The number of nitrogens with zero attached hydrogens (tertiary/aromatic N) is 1. The second-order valence-corrected chi connectivity index (χ2v) is 13.2. The predicted octanol–water partition coefficient (Wildman–Crippen LogP) is 6.19. The van der Waals surface area contributed by atoms with Gasteiger partial charge in [0.05, 0.1) is 35.2 Å². The van der Waals surface area contributed by atoms with Crippen molar-refractivity contribution in [1.29, 1.82) is 0 Å². The Balaban J connectivity index is 1.70. The van der Waals surface area contributed by atoms with Crippen LogP contribution in [0.3, 0.4) is 0 Å². The number of carbonyl (C=O) groups is 2. The van der Waals surface area contributed by atoms with Crippen LogP contribution in [0.2, 0.25) is 0 Å². The summed E-state index contributed by atoms with van der Waals surface area (Å²) in [5.41, 5.74) is -4.97. The minimum Gasteiger partial charge on any atom is -0.466 e. The first-order valence-electron chi connectivity index (χ1n) is 14.8. The lowest BCUT2D eigenvalue weighted by Gasteiger charge is -2.40. The molecule has 14 heteroatoms. The number of aryl methyl sites for hydroxylation is 2. The topological polar surface area (TPSA) is 95.9 Å².